The Morgan fingerprint density at radius 1 is 1.15 bits per heavy atom. The van der Waals surface area contributed by atoms with Crippen molar-refractivity contribution in [3.05, 3.63) is 24.1 Å². The van der Waals surface area contributed by atoms with E-state index >= 15 is 0 Å². The second-order valence-electron chi connectivity index (χ2n) is 6.22. The van der Waals surface area contributed by atoms with Gasteiger partial charge in [-0.25, -0.2) is 4.98 Å². The van der Waals surface area contributed by atoms with Gasteiger partial charge in [0.1, 0.15) is 5.52 Å². The third-order valence-corrected chi connectivity index (χ3v) is 4.12. The standard InChI is InChI=1S/C17H24N2O/c1-12(2)17-19-15-11-14(9-10-16(15)20-17)18-13-7-5-3-4-6-8-13/h9-13,18H,3-8H2,1-2H3. The van der Waals surface area contributed by atoms with E-state index in [2.05, 4.69) is 36.3 Å². The normalized spacial score (nSPS) is 17.6. The van der Waals surface area contributed by atoms with Gasteiger partial charge in [0.15, 0.2) is 11.5 Å². The molecule has 3 nitrogen and oxygen atoms in total. The summed E-state index contributed by atoms with van der Waals surface area (Å²) in [6, 6.07) is 6.89. The van der Waals surface area contributed by atoms with E-state index < -0.39 is 0 Å². The monoisotopic (exact) mass is 272 g/mol. The number of hydrogen-bond donors (Lipinski definition) is 1. The van der Waals surface area contributed by atoms with E-state index in [-0.39, 0.29) is 0 Å². The summed E-state index contributed by atoms with van der Waals surface area (Å²) in [7, 11) is 0. The zero-order valence-electron chi connectivity index (χ0n) is 12.5. The summed E-state index contributed by atoms with van der Waals surface area (Å²) in [6.07, 6.45) is 8.04. The Morgan fingerprint density at radius 3 is 2.60 bits per heavy atom. The highest BCUT2D eigenvalue weighted by Crippen LogP contribution is 2.26. The molecule has 0 unspecified atom stereocenters. The minimum absolute atomic E-state index is 0.334. The number of oxazole rings is 1. The van der Waals surface area contributed by atoms with E-state index in [0.717, 1.165) is 17.0 Å². The van der Waals surface area contributed by atoms with Crippen LogP contribution in [0.3, 0.4) is 0 Å². The molecule has 1 aromatic heterocycles. The van der Waals surface area contributed by atoms with Gasteiger partial charge in [0, 0.05) is 17.6 Å². The lowest BCUT2D eigenvalue weighted by atomic mass is 10.1. The van der Waals surface area contributed by atoms with E-state index in [1.54, 1.807) is 0 Å². The molecule has 2 aromatic rings. The molecule has 0 saturated heterocycles. The summed E-state index contributed by atoms with van der Waals surface area (Å²) in [5, 5.41) is 3.67. The van der Waals surface area contributed by atoms with Crippen LogP contribution in [0.1, 0.15) is 64.2 Å². The average molecular weight is 272 g/mol. The molecule has 0 atom stereocenters. The number of aromatic nitrogens is 1. The maximum Gasteiger partial charge on any atom is 0.198 e. The first-order chi connectivity index (χ1) is 9.72. The highest BCUT2D eigenvalue weighted by Gasteiger charge is 2.13. The molecule has 3 rings (SSSR count). The maximum absolute atomic E-state index is 5.76. The first kappa shape index (κ1) is 13.5. The van der Waals surface area contributed by atoms with Crippen LogP contribution in [0.5, 0.6) is 0 Å². The Balaban J connectivity index is 1.77. The van der Waals surface area contributed by atoms with E-state index in [4.69, 9.17) is 4.42 Å². The summed E-state index contributed by atoms with van der Waals surface area (Å²) in [6.45, 7) is 4.21. The predicted octanol–water partition coefficient (Wildman–Crippen LogP) is 5.09. The first-order valence-electron chi connectivity index (χ1n) is 7.89. The van der Waals surface area contributed by atoms with Crippen molar-refractivity contribution in [1.82, 2.24) is 4.98 Å². The molecule has 1 N–H and O–H groups in total. The van der Waals surface area contributed by atoms with Crippen molar-refractivity contribution in [3.63, 3.8) is 0 Å². The molecule has 1 aliphatic rings. The second-order valence-corrected chi connectivity index (χ2v) is 6.22. The molecule has 0 amide bonds. The van der Waals surface area contributed by atoms with Crippen LogP contribution in [0.4, 0.5) is 5.69 Å². The van der Waals surface area contributed by atoms with Crippen molar-refractivity contribution < 1.29 is 4.42 Å². The van der Waals surface area contributed by atoms with Gasteiger partial charge in [0.2, 0.25) is 0 Å². The number of rotatable bonds is 3. The van der Waals surface area contributed by atoms with Gasteiger partial charge < -0.3 is 9.73 Å². The third-order valence-electron chi connectivity index (χ3n) is 4.12. The van der Waals surface area contributed by atoms with Crippen molar-refractivity contribution >= 4 is 16.8 Å². The Kier molecular flexibility index (Phi) is 3.95. The van der Waals surface area contributed by atoms with Crippen molar-refractivity contribution in [3.8, 4) is 0 Å². The molecule has 1 fully saturated rings. The molecule has 3 heteroatoms. The highest BCUT2D eigenvalue weighted by atomic mass is 16.3. The topological polar surface area (TPSA) is 38.1 Å². The predicted molar refractivity (Wildman–Crippen MR) is 83.2 cm³/mol. The summed E-state index contributed by atoms with van der Waals surface area (Å²) >= 11 is 0. The number of benzene rings is 1. The van der Waals surface area contributed by atoms with Crippen LogP contribution in [0, 0.1) is 0 Å². The van der Waals surface area contributed by atoms with Gasteiger partial charge >= 0.3 is 0 Å². The van der Waals surface area contributed by atoms with Gasteiger partial charge in [-0.05, 0) is 31.0 Å². The van der Waals surface area contributed by atoms with Crippen molar-refractivity contribution in [1.29, 1.82) is 0 Å². The minimum Gasteiger partial charge on any atom is -0.440 e. The molecule has 1 saturated carbocycles. The van der Waals surface area contributed by atoms with Gasteiger partial charge in [-0.2, -0.15) is 0 Å². The van der Waals surface area contributed by atoms with Gasteiger partial charge in [0.05, 0.1) is 0 Å². The zero-order valence-corrected chi connectivity index (χ0v) is 12.5. The Morgan fingerprint density at radius 2 is 1.90 bits per heavy atom. The van der Waals surface area contributed by atoms with E-state index in [0.29, 0.717) is 12.0 Å². The second kappa shape index (κ2) is 5.86. The minimum atomic E-state index is 0.334. The molecule has 1 aromatic carbocycles. The first-order valence-corrected chi connectivity index (χ1v) is 7.89. The van der Waals surface area contributed by atoms with Crippen LogP contribution < -0.4 is 5.32 Å². The smallest absolute Gasteiger partial charge is 0.198 e. The number of hydrogen-bond acceptors (Lipinski definition) is 3. The maximum atomic E-state index is 5.76. The molecule has 0 bridgehead atoms. The van der Waals surface area contributed by atoms with Crippen molar-refractivity contribution in [2.45, 2.75) is 64.3 Å². The molecular weight excluding hydrogens is 248 g/mol. The molecule has 0 radical (unpaired) electrons. The van der Waals surface area contributed by atoms with Gasteiger partial charge in [-0.1, -0.05) is 39.5 Å². The van der Waals surface area contributed by atoms with E-state index in [1.165, 1.54) is 44.2 Å². The van der Waals surface area contributed by atoms with Gasteiger partial charge in [-0.3, -0.25) is 0 Å². The fraction of sp³-hybridized carbons (Fsp3) is 0.588. The van der Waals surface area contributed by atoms with Crippen LogP contribution in [0.15, 0.2) is 22.6 Å². The SMILES string of the molecule is CC(C)c1nc2cc(NC3CCCCCC3)ccc2o1. The van der Waals surface area contributed by atoms with Crippen molar-refractivity contribution in [2.24, 2.45) is 0 Å². The van der Waals surface area contributed by atoms with Crippen LogP contribution in [-0.4, -0.2) is 11.0 Å². The summed E-state index contributed by atoms with van der Waals surface area (Å²) < 4.78 is 5.76. The fourth-order valence-electron chi connectivity index (χ4n) is 2.94. The van der Waals surface area contributed by atoms with Gasteiger partial charge in [0.25, 0.3) is 0 Å². The lowest BCUT2D eigenvalue weighted by Gasteiger charge is -2.17. The fourth-order valence-corrected chi connectivity index (χ4v) is 2.94. The van der Waals surface area contributed by atoms with Crippen molar-refractivity contribution in [2.75, 3.05) is 5.32 Å². The number of nitrogens with zero attached hydrogens (tertiary/aromatic N) is 1. The van der Waals surface area contributed by atoms with Crippen LogP contribution in [0.2, 0.25) is 0 Å². The summed E-state index contributed by atoms with van der Waals surface area (Å²) in [4.78, 5) is 4.58. The molecule has 108 valence electrons. The largest absolute Gasteiger partial charge is 0.440 e. The molecule has 1 aliphatic carbocycles. The van der Waals surface area contributed by atoms with Crippen LogP contribution >= 0.6 is 0 Å². The Labute approximate surface area is 120 Å². The molecular formula is C17H24N2O. The van der Waals surface area contributed by atoms with E-state index in [9.17, 15) is 0 Å². The lowest BCUT2D eigenvalue weighted by molar-refractivity contribution is 0.501. The third kappa shape index (κ3) is 2.97. The van der Waals surface area contributed by atoms with E-state index in [1.807, 2.05) is 6.07 Å². The molecule has 0 aliphatic heterocycles. The summed E-state index contributed by atoms with van der Waals surface area (Å²) in [5.74, 6) is 1.16. The lowest BCUT2D eigenvalue weighted by Crippen LogP contribution is -2.18. The molecule has 1 heterocycles. The average Bonchev–Trinajstić information content (AvgIpc) is 2.69. The number of anilines is 1. The number of nitrogens with one attached hydrogen (secondary N) is 1. The zero-order chi connectivity index (χ0) is 13.9. The molecule has 0 spiro atoms. The summed E-state index contributed by atoms with van der Waals surface area (Å²) in [5.41, 5.74) is 3.03. The number of fused-ring (bicyclic) bond motifs is 1. The molecule has 20 heavy (non-hydrogen) atoms. The van der Waals surface area contributed by atoms with Crippen LogP contribution in [0.25, 0.3) is 11.1 Å². The quantitative estimate of drug-likeness (QED) is 0.791. The Bertz CT molecular complexity index is 565. The van der Waals surface area contributed by atoms with Crippen LogP contribution in [-0.2, 0) is 0 Å². The Hall–Kier alpha value is -1.51. The highest BCUT2D eigenvalue weighted by molar-refractivity contribution is 5.77. The van der Waals surface area contributed by atoms with Gasteiger partial charge in [-0.15, -0.1) is 0 Å².